The SMILES string of the molecule is CCC1CNC2CCCS(=O)(=O)N(C2)C1CCc1c(F)cccc1NC(=O)C(N)C(c1ccc(Cl)cc1)C1CCOC(C(C)C)C1. The van der Waals surface area contributed by atoms with Gasteiger partial charge in [0.1, 0.15) is 5.82 Å². The second-order valence-electron chi connectivity index (χ2n) is 13.7. The highest BCUT2D eigenvalue weighted by Crippen LogP contribution is 2.39. The molecule has 254 valence electrons. The first-order chi connectivity index (χ1) is 22.0. The molecule has 3 aliphatic heterocycles. The summed E-state index contributed by atoms with van der Waals surface area (Å²) in [6.07, 6.45) is 4.64. The standard InChI is InChI=1S/C35H50ClFN4O4S/c1-4-23-20-39-27-7-6-18-46(43,44)41(21-27)31(23)15-14-28-29(37)8-5-9-30(28)40-35(42)34(38)33(24-10-12-26(36)13-11-24)25-16-17-45-32(19-25)22(2)3/h5,8-13,22-23,25,27,31-34,39H,4,6-7,14-21,38H2,1-3H3,(H,40,42). The maximum atomic E-state index is 15.5. The van der Waals surface area contributed by atoms with E-state index in [1.807, 2.05) is 24.3 Å². The molecule has 0 radical (unpaired) electrons. The van der Waals surface area contributed by atoms with Gasteiger partial charge < -0.3 is 21.1 Å². The number of hydrogen-bond donors (Lipinski definition) is 3. The van der Waals surface area contributed by atoms with Gasteiger partial charge in [0, 0.05) is 47.4 Å². The summed E-state index contributed by atoms with van der Waals surface area (Å²) in [7, 11) is -3.42. The molecule has 46 heavy (non-hydrogen) atoms. The Hall–Kier alpha value is -2.08. The highest BCUT2D eigenvalue weighted by molar-refractivity contribution is 7.89. The summed E-state index contributed by atoms with van der Waals surface area (Å²) < 4.78 is 49.9. The molecular weight excluding hydrogens is 627 g/mol. The van der Waals surface area contributed by atoms with Crippen LogP contribution in [0.2, 0.25) is 5.02 Å². The molecule has 3 fully saturated rings. The number of amides is 1. The Bertz CT molecular complexity index is 1440. The number of ether oxygens (including phenoxy) is 1. The zero-order valence-electron chi connectivity index (χ0n) is 27.3. The van der Waals surface area contributed by atoms with Crippen molar-refractivity contribution in [2.75, 3.05) is 30.8 Å². The van der Waals surface area contributed by atoms with Gasteiger partial charge in [0.05, 0.1) is 17.9 Å². The molecular formula is C35H50ClFN4O4S. The summed E-state index contributed by atoms with van der Waals surface area (Å²) >= 11 is 6.21. The number of sulfonamides is 1. The second-order valence-corrected chi connectivity index (χ2v) is 16.2. The van der Waals surface area contributed by atoms with Gasteiger partial charge >= 0.3 is 0 Å². The van der Waals surface area contributed by atoms with Gasteiger partial charge in [0.25, 0.3) is 0 Å². The lowest BCUT2D eigenvalue weighted by atomic mass is 9.74. The van der Waals surface area contributed by atoms with Crippen LogP contribution in [-0.4, -0.2) is 68.3 Å². The molecule has 11 heteroatoms. The van der Waals surface area contributed by atoms with E-state index >= 15 is 4.39 Å². The van der Waals surface area contributed by atoms with E-state index in [4.69, 9.17) is 22.1 Å². The lowest BCUT2D eigenvalue weighted by molar-refractivity contribution is -0.118. The van der Waals surface area contributed by atoms with Crippen LogP contribution in [-0.2, 0) is 26.0 Å². The molecule has 0 spiro atoms. The number of nitrogens with two attached hydrogens (primary N) is 1. The molecule has 3 heterocycles. The van der Waals surface area contributed by atoms with Crippen LogP contribution in [0.5, 0.6) is 0 Å². The molecule has 1 amide bonds. The van der Waals surface area contributed by atoms with E-state index < -0.39 is 21.9 Å². The summed E-state index contributed by atoms with van der Waals surface area (Å²) in [6.45, 7) is 8.11. The minimum Gasteiger partial charge on any atom is -0.378 e. The Morgan fingerprint density at radius 3 is 2.67 bits per heavy atom. The molecule has 0 saturated carbocycles. The van der Waals surface area contributed by atoms with E-state index in [1.54, 1.807) is 16.4 Å². The molecule has 5 rings (SSSR count). The van der Waals surface area contributed by atoms with Crippen LogP contribution in [0.15, 0.2) is 42.5 Å². The first kappa shape index (κ1) is 35.2. The van der Waals surface area contributed by atoms with Crippen molar-refractivity contribution in [3.63, 3.8) is 0 Å². The van der Waals surface area contributed by atoms with Crippen LogP contribution in [0, 0.1) is 23.6 Å². The molecule has 0 aromatic heterocycles. The van der Waals surface area contributed by atoms with Gasteiger partial charge in [-0.1, -0.05) is 57.0 Å². The van der Waals surface area contributed by atoms with Crippen molar-refractivity contribution in [2.24, 2.45) is 23.5 Å². The summed E-state index contributed by atoms with van der Waals surface area (Å²) in [4.78, 5) is 13.9. The normalized spacial score (nSPS) is 29.4. The molecule has 8 unspecified atom stereocenters. The summed E-state index contributed by atoms with van der Waals surface area (Å²) in [6, 6.07) is 11.1. The van der Waals surface area contributed by atoms with E-state index in [2.05, 4.69) is 31.4 Å². The minimum atomic E-state index is -3.42. The van der Waals surface area contributed by atoms with Crippen LogP contribution < -0.4 is 16.4 Å². The summed E-state index contributed by atoms with van der Waals surface area (Å²) in [5.74, 6) is -0.417. The van der Waals surface area contributed by atoms with Gasteiger partial charge in [-0.15, -0.1) is 0 Å². The number of fused-ring (bicyclic) bond motifs is 2. The third kappa shape index (κ3) is 8.13. The van der Waals surface area contributed by atoms with Crippen LogP contribution in [0.25, 0.3) is 0 Å². The average Bonchev–Trinajstić information content (AvgIpc) is 3.30. The van der Waals surface area contributed by atoms with E-state index in [-0.39, 0.29) is 54.0 Å². The Morgan fingerprint density at radius 1 is 1.20 bits per heavy atom. The van der Waals surface area contributed by atoms with Crippen molar-refractivity contribution in [1.29, 1.82) is 0 Å². The number of hydrogen-bond acceptors (Lipinski definition) is 6. The minimum absolute atomic E-state index is 0.0769. The molecule has 4 N–H and O–H groups in total. The lowest BCUT2D eigenvalue weighted by Gasteiger charge is -2.38. The number of benzene rings is 2. The van der Waals surface area contributed by atoms with Crippen LogP contribution in [0.3, 0.4) is 0 Å². The van der Waals surface area contributed by atoms with Gasteiger partial charge in [-0.25, -0.2) is 12.8 Å². The number of rotatable bonds is 10. The maximum absolute atomic E-state index is 15.5. The summed E-state index contributed by atoms with van der Waals surface area (Å²) in [5, 5.41) is 7.16. The fraction of sp³-hybridized carbons (Fsp3) is 0.629. The van der Waals surface area contributed by atoms with Gasteiger partial charge in [-0.2, -0.15) is 4.31 Å². The summed E-state index contributed by atoms with van der Waals surface area (Å²) in [5.41, 5.74) is 8.48. The first-order valence-corrected chi connectivity index (χ1v) is 18.9. The van der Waals surface area contributed by atoms with Gasteiger partial charge in [0.2, 0.25) is 15.9 Å². The lowest BCUT2D eigenvalue weighted by Crippen LogP contribution is -2.46. The first-order valence-electron chi connectivity index (χ1n) is 16.9. The Morgan fingerprint density at radius 2 is 1.96 bits per heavy atom. The van der Waals surface area contributed by atoms with E-state index in [0.717, 1.165) is 37.8 Å². The number of nitrogens with one attached hydrogen (secondary N) is 2. The van der Waals surface area contributed by atoms with Crippen LogP contribution >= 0.6 is 11.6 Å². The smallest absolute Gasteiger partial charge is 0.241 e. The van der Waals surface area contributed by atoms with E-state index in [9.17, 15) is 13.2 Å². The number of carbonyl (C=O) groups is 1. The van der Waals surface area contributed by atoms with Crippen molar-refractivity contribution in [3.05, 3.63) is 64.4 Å². The number of halogens is 2. The second kappa shape index (κ2) is 15.4. The largest absolute Gasteiger partial charge is 0.378 e. The number of nitrogens with zero attached hydrogens (tertiary/aromatic N) is 1. The Labute approximate surface area is 279 Å². The van der Waals surface area contributed by atoms with Crippen LogP contribution in [0.4, 0.5) is 10.1 Å². The van der Waals surface area contributed by atoms with Gasteiger partial charge in [0.15, 0.2) is 0 Å². The zero-order valence-corrected chi connectivity index (χ0v) is 28.8. The molecule has 3 aliphatic rings. The molecule has 0 aliphatic carbocycles. The Balaban J connectivity index is 1.37. The fourth-order valence-electron chi connectivity index (χ4n) is 7.75. The van der Waals surface area contributed by atoms with Crippen molar-refractivity contribution in [1.82, 2.24) is 9.62 Å². The molecule has 2 bridgehead atoms. The van der Waals surface area contributed by atoms with Crippen molar-refractivity contribution in [2.45, 2.75) is 95.9 Å². The predicted molar refractivity (Wildman–Crippen MR) is 182 cm³/mol. The van der Waals surface area contributed by atoms with E-state index in [0.29, 0.717) is 48.2 Å². The highest BCUT2D eigenvalue weighted by atomic mass is 35.5. The third-order valence-corrected chi connectivity index (χ3v) is 12.6. The van der Waals surface area contributed by atoms with Crippen molar-refractivity contribution in [3.8, 4) is 0 Å². The van der Waals surface area contributed by atoms with Crippen LogP contribution in [0.1, 0.15) is 76.3 Å². The predicted octanol–water partition coefficient (Wildman–Crippen LogP) is 5.70. The van der Waals surface area contributed by atoms with Gasteiger partial charge in [-0.05, 0) is 92.7 Å². The van der Waals surface area contributed by atoms with E-state index in [1.165, 1.54) is 6.07 Å². The molecule has 3 saturated heterocycles. The number of anilines is 1. The number of carbonyl (C=O) groups excluding carboxylic acids is 1. The third-order valence-electron chi connectivity index (χ3n) is 10.4. The van der Waals surface area contributed by atoms with Gasteiger partial charge in [-0.3, -0.25) is 4.79 Å². The molecule has 2 aromatic rings. The average molecular weight is 677 g/mol. The monoisotopic (exact) mass is 676 g/mol. The fourth-order valence-corrected chi connectivity index (χ4v) is 9.74. The van der Waals surface area contributed by atoms with Crippen molar-refractivity contribution >= 4 is 33.2 Å². The molecule has 8 atom stereocenters. The molecule has 2 aromatic carbocycles. The maximum Gasteiger partial charge on any atom is 0.241 e. The molecule has 8 nitrogen and oxygen atoms in total. The van der Waals surface area contributed by atoms with Crippen molar-refractivity contribution < 1.29 is 22.3 Å². The quantitative estimate of drug-likeness (QED) is 0.297. The topological polar surface area (TPSA) is 114 Å². The highest BCUT2D eigenvalue weighted by Gasteiger charge is 2.41. The Kier molecular flexibility index (Phi) is 11.8. The zero-order chi connectivity index (χ0) is 33.0.